The summed E-state index contributed by atoms with van der Waals surface area (Å²) in [5.41, 5.74) is 10.8. The Morgan fingerprint density at radius 1 is 0.718 bits per heavy atom. The van der Waals surface area contributed by atoms with Gasteiger partial charge in [0.2, 0.25) is 0 Å². The summed E-state index contributed by atoms with van der Waals surface area (Å²) in [5.74, 6) is 0.00550. The van der Waals surface area contributed by atoms with Gasteiger partial charge in [-0.1, -0.05) is 115 Å². The summed E-state index contributed by atoms with van der Waals surface area (Å²) in [6, 6.07) is 34.8. The highest BCUT2D eigenvalue weighted by molar-refractivity contribution is 9.10. The molecule has 0 saturated carbocycles. The Kier molecular flexibility index (Phi) is 6.02. The van der Waals surface area contributed by atoms with Crippen LogP contribution >= 0.6 is 15.9 Å². The van der Waals surface area contributed by atoms with Crippen molar-refractivity contribution < 1.29 is 4.39 Å². The SMILES string of the molecule is Fc1cc(-c2ccccc2)cc(-n2c3c(c(-c4ccccc4)c2-c2ccccc2)C=C2C=CC=CC2C3)c1Br. The minimum Gasteiger partial charge on any atom is -0.311 e. The lowest BCUT2D eigenvalue weighted by atomic mass is 9.82. The molecular formula is C36H25BrFN. The van der Waals surface area contributed by atoms with Crippen molar-refractivity contribution in [3.05, 3.63) is 155 Å². The summed E-state index contributed by atoms with van der Waals surface area (Å²) in [6.07, 6.45) is 11.9. The van der Waals surface area contributed by atoms with Crippen LogP contribution in [0.2, 0.25) is 0 Å². The molecule has 1 heterocycles. The average Bonchev–Trinajstić information content (AvgIpc) is 3.32. The molecule has 39 heavy (non-hydrogen) atoms. The van der Waals surface area contributed by atoms with Crippen LogP contribution < -0.4 is 0 Å². The zero-order chi connectivity index (χ0) is 26.3. The van der Waals surface area contributed by atoms with E-state index in [0.717, 1.165) is 40.1 Å². The van der Waals surface area contributed by atoms with Crippen LogP contribution in [0.25, 0.3) is 45.3 Å². The zero-order valence-corrected chi connectivity index (χ0v) is 22.8. The van der Waals surface area contributed by atoms with Crippen molar-refractivity contribution in [2.24, 2.45) is 5.92 Å². The molecule has 7 rings (SSSR count). The lowest BCUT2D eigenvalue weighted by molar-refractivity contribution is 0.619. The molecule has 0 N–H and O–H groups in total. The third kappa shape index (κ3) is 4.14. The number of rotatable bonds is 4. The topological polar surface area (TPSA) is 4.93 Å². The molecule has 0 bridgehead atoms. The smallest absolute Gasteiger partial charge is 0.140 e. The normalized spacial score (nSPS) is 15.5. The van der Waals surface area contributed by atoms with Gasteiger partial charge in [0, 0.05) is 22.7 Å². The van der Waals surface area contributed by atoms with Crippen LogP contribution in [0.1, 0.15) is 11.3 Å². The van der Waals surface area contributed by atoms with Crippen LogP contribution in [0.3, 0.4) is 0 Å². The maximum Gasteiger partial charge on any atom is 0.140 e. The average molecular weight is 571 g/mol. The molecule has 0 saturated heterocycles. The van der Waals surface area contributed by atoms with Crippen LogP contribution in [-0.2, 0) is 6.42 Å². The van der Waals surface area contributed by atoms with Crippen molar-refractivity contribution in [1.82, 2.24) is 4.57 Å². The molecule has 188 valence electrons. The maximum absolute atomic E-state index is 15.7. The molecule has 4 aromatic carbocycles. The van der Waals surface area contributed by atoms with Crippen LogP contribution in [0.4, 0.5) is 4.39 Å². The van der Waals surface area contributed by atoms with Gasteiger partial charge >= 0.3 is 0 Å². The van der Waals surface area contributed by atoms with Crippen molar-refractivity contribution >= 4 is 22.0 Å². The van der Waals surface area contributed by atoms with Gasteiger partial charge in [-0.2, -0.15) is 0 Å². The van der Waals surface area contributed by atoms with Crippen molar-refractivity contribution in [3.8, 4) is 39.2 Å². The first kappa shape index (κ1) is 23.9. The minimum absolute atomic E-state index is 0.276. The van der Waals surface area contributed by atoms with E-state index in [2.05, 4.69) is 105 Å². The molecule has 2 aliphatic carbocycles. The van der Waals surface area contributed by atoms with E-state index in [0.29, 0.717) is 4.47 Å². The summed E-state index contributed by atoms with van der Waals surface area (Å²) in [4.78, 5) is 0. The third-order valence-corrected chi connectivity index (χ3v) is 8.46. The van der Waals surface area contributed by atoms with Gasteiger partial charge in [0.15, 0.2) is 0 Å². The molecule has 3 heteroatoms. The van der Waals surface area contributed by atoms with E-state index in [1.807, 2.05) is 42.5 Å². The van der Waals surface area contributed by atoms with E-state index in [9.17, 15) is 0 Å². The molecular weight excluding hydrogens is 545 g/mol. The first-order chi connectivity index (χ1) is 19.2. The van der Waals surface area contributed by atoms with Gasteiger partial charge in [-0.25, -0.2) is 4.39 Å². The molecule has 2 aliphatic rings. The van der Waals surface area contributed by atoms with Crippen molar-refractivity contribution in [1.29, 1.82) is 0 Å². The third-order valence-electron chi connectivity index (χ3n) is 7.67. The molecule has 0 radical (unpaired) electrons. The second-order valence-corrected chi connectivity index (χ2v) is 10.8. The largest absolute Gasteiger partial charge is 0.311 e. The lowest BCUT2D eigenvalue weighted by Crippen LogP contribution is -2.15. The molecule has 0 amide bonds. The number of hydrogen-bond acceptors (Lipinski definition) is 0. The van der Waals surface area contributed by atoms with Crippen LogP contribution in [0.5, 0.6) is 0 Å². The summed E-state index contributed by atoms with van der Waals surface area (Å²) in [7, 11) is 0. The Morgan fingerprint density at radius 3 is 2.05 bits per heavy atom. The predicted octanol–water partition coefficient (Wildman–Crippen LogP) is 10.1. The highest BCUT2D eigenvalue weighted by Crippen LogP contribution is 2.47. The number of hydrogen-bond donors (Lipinski definition) is 0. The van der Waals surface area contributed by atoms with Crippen molar-refractivity contribution in [2.75, 3.05) is 0 Å². The fraction of sp³-hybridized carbons (Fsp3) is 0.0556. The zero-order valence-electron chi connectivity index (χ0n) is 21.2. The van der Waals surface area contributed by atoms with Gasteiger partial charge in [0.1, 0.15) is 5.82 Å². The Morgan fingerprint density at radius 2 is 1.36 bits per heavy atom. The minimum atomic E-state index is -0.276. The number of allylic oxidation sites excluding steroid dienone is 5. The van der Waals surface area contributed by atoms with E-state index >= 15 is 4.39 Å². The highest BCUT2D eigenvalue weighted by atomic mass is 79.9. The van der Waals surface area contributed by atoms with Crippen LogP contribution in [0.15, 0.2) is 137 Å². The number of halogens is 2. The summed E-state index contributed by atoms with van der Waals surface area (Å²) < 4.78 is 18.4. The monoisotopic (exact) mass is 569 g/mol. The Bertz CT molecular complexity index is 1780. The van der Waals surface area contributed by atoms with E-state index in [-0.39, 0.29) is 11.7 Å². The highest BCUT2D eigenvalue weighted by Gasteiger charge is 2.31. The van der Waals surface area contributed by atoms with Gasteiger partial charge in [-0.3, -0.25) is 0 Å². The van der Waals surface area contributed by atoms with E-state index in [1.165, 1.54) is 22.4 Å². The summed E-state index contributed by atoms with van der Waals surface area (Å²) in [6.45, 7) is 0. The van der Waals surface area contributed by atoms with Gasteiger partial charge < -0.3 is 4.57 Å². The lowest BCUT2D eigenvalue weighted by Gasteiger charge is -2.25. The molecule has 5 aromatic rings. The van der Waals surface area contributed by atoms with E-state index in [1.54, 1.807) is 6.07 Å². The summed E-state index contributed by atoms with van der Waals surface area (Å²) >= 11 is 3.66. The van der Waals surface area contributed by atoms with Gasteiger partial charge in [-0.15, -0.1) is 0 Å². The van der Waals surface area contributed by atoms with Crippen LogP contribution in [-0.4, -0.2) is 4.57 Å². The first-order valence-electron chi connectivity index (χ1n) is 13.2. The molecule has 0 aliphatic heterocycles. The quantitative estimate of drug-likeness (QED) is 0.203. The van der Waals surface area contributed by atoms with E-state index in [4.69, 9.17) is 0 Å². The molecule has 1 atom stereocenters. The van der Waals surface area contributed by atoms with Crippen molar-refractivity contribution in [3.63, 3.8) is 0 Å². The molecule has 0 spiro atoms. The Hall–Kier alpha value is -4.21. The fourth-order valence-corrected chi connectivity index (χ4v) is 6.28. The Labute approximate surface area is 236 Å². The second-order valence-electron chi connectivity index (χ2n) is 10.0. The summed E-state index contributed by atoms with van der Waals surface area (Å²) in [5, 5.41) is 0. The second kappa shape index (κ2) is 9.83. The maximum atomic E-state index is 15.7. The standard InChI is InChI=1S/C36H25BrFN/c37-35-31(38)21-29(24-12-4-1-5-13-24)23-33(35)39-32-22-28-19-11-10-18-27(28)20-30(32)34(25-14-6-2-7-15-25)36(39)26-16-8-3-9-17-26/h1-21,23,28H,22H2. The molecule has 1 aromatic heterocycles. The molecule has 1 nitrogen and oxygen atoms in total. The number of aromatic nitrogens is 1. The van der Waals surface area contributed by atoms with E-state index < -0.39 is 0 Å². The number of fused-ring (bicyclic) bond motifs is 2. The van der Waals surface area contributed by atoms with Gasteiger partial charge in [0.25, 0.3) is 0 Å². The predicted molar refractivity (Wildman–Crippen MR) is 163 cm³/mol. The molecule has 0 fully saturated rings. The molecule has 1 unspecified atom stereocenters. The Balaban J connectivity index is 1.61. The number of benzene rings is 4. The first-order valence-corrected chi connectivity index (χ1v) is 14.0. The van der Waals surface area contributed by atoms with Crippen molar-refractivity contribution in [2.45, 2.75) is 6.42 Å². The van der Waals surface area contributed by atoms with Crippen LogP contribution in [0, 0.1) is 11.7 Å². The fourth-order valence-electron chi connectivity index (χ4n) is 5.88. The van der Waals surface area contributed by atoms with Gasteiger partial charge in [-0.05, 0) is 68.4 Å². The van der Waals surface area contributed by atoms with Gasteiger partial charge in [0.05, 0.1) is 15.9 Å². The number of nitrogens with zero attached hydrogens (tertiary/aromatic N) is 1.